The summed E-state index contributed by atoms with van der Waals surface area (Å²) in [5.74, 6) is 0.906. The highest BCUT2D eigenvalue weighted by Gasteiger charge is 2.21. The number of hydrazone groups is 1. The summed E-state index contributed by atoms with van der Waals surface area (Å²) in [4.78, 5) is 4.29. The fraction of sp³-hybridized carbons (Fsp3) is 0.250. The van der Waals surface area contributed by atoms with Gasteiger partial charge in [0, 0.05) is 10.9 Å². The molecule has 4 nitrogen and oxygen atoms in total. The van der Waals surface area contributed by atoms with Crippen LogP contribution in [0.3, 0.4) is 0 Å². The number of thiazole rings is 1. The highest BCUT2D eigenvalue weighted by Crippen LogP contribution is 2.31. The van der Waals surface area contributed by atoms with Gasteiger partial charge in [0.15, 0.2) is 0 Å². The number of benzene rings is 1. The third-order valence-corrected chi connectivity index (χ3v) is 3.93. The van der Waals surface area contributed by atoms with Gasteiger partial charge >= 0.3 is 0 Å². The van der Waals surface area contributed by atoms with E-state index in [-0.39, 0.29) is 5.60 Å². The van der Waals surface area contributed by atoms with Gasteiger partial charge in [0.2, 0.25) is 5.13 Å². The molecule has 3 rings (SSSR count). The van der Waals surface area contributed by atoms with E-state index in [1.54, 1.807) is 17.6 Å². The number of nitrogens with zero attached hydrogens (tertiary/aromatic N) is 2. The molecule has 2 heterocycles. The van der Waals surface area contributed by atoms with Crippen molar-refractivity contribution < 1.29 is 4.74 Å². The van der Waals surface area contributed by atoms with Gasteiger partial charge in [0.1, 0.15) is 11.4 Å². The molecule has 2 aromatic rings. The summed E-state index contributed by atoms with van der Waals surface area (Å²) < 4.78 is 5.90. The zero-order chi connectivity index (χ0) is 14.9. The third kappa shape index (κ3) is 3.31. The van der Waals surface area contributed by atoms with Crippen LogP contribution in [0.4, 0.5) is 5.13 Å². The van der Waals surface area contributed by atoms with E-state index >= 15 is 0 Å². The number of ether oxygens (including phenoxy) is 1. The summed E-state index contributed by atoms with van der Waals surface area (Å²) in [5.41, 5.74) is 5.78. The van der Waals surface area contributed by atoms with E-state index in [1.807, 2.05) is 38.3 Å². The molecule has 0 saturated heterocycles. The van der Waals surface area contributed by atoms with Crippen molar-refractivity contribution in [1.82, 2.24) is 4.98 Å². The topological polar surface area (TPSA) is 46.5 Å². The molecule has 0 bridgehead atoms. The van der Waals surface area contributed by atoms with Crippen molar-refractivity contribution in [2.45, 2.75) is 26.4 Å². The van der Waals surface area contributed by atoms with Crippen LogP contribution in [-0.4, -0.2) is 16.8 Å². The molecule has 0 spiro atoms. The van der Waals surface area contributed by atoms with Crippen LogP contribution >= 0.6 is 11.3 Å². The molecule has 0 aliphatic carbocycles. The average molecular weight is 299 g/mol. The highest BCUT2D eigenvalue weighted by molar-refractivity contribution is 7.13. The lowest BCUT2D eigenvalue weighted by molar-refractivity contribution is 0.159. The lowest BCUT2D eigenvalue weighted by Gasteiger charge is -2.27. The first kappa shape index (κ1) is 13.8. The second-order valence-corrected chi connectivity index (χ2v) is 6.36. The van der Waals surface area contributed by atoms with E-state index in [1.165, 1.54) is 0 Å². The molecule has 0 unspecified atom stereocenters. The number of hydrogen-bond acceptors (Lipinski definition) is 5. The van der Waals surface area contributed by atoms with Gasteiger partial charge in [0.25, 0.3) is 0 Å². The molecule has 21 heavy (non-hydrogen) atoms. The molecular formula is C16H17N3OS. The number of aromatic nitrogens is 1. The number of anilines is 1. The minimum Gasteiger partial charge on any atom is -0.483 e. The molecule has 1 aromatic heterocycles. The van der Waals surface area contributed by atoms with Crippen molar-refractivity contribution in [3.63, 3.8) is 0 Å². The van der Waals surface area contributed by atoms with Gasteiger partial charge in [-0.1, -0.05) is 6.08 Å². The standard InChI is InChI=1S/C16H17N3OS/c1-11-10-21-15(18-11)19-17-9-12-4-5-14-13(8-12)6-7-16(2,3)20-14/h4-10H,1-3H3,(H,18,19). The summed E-state index contributed by atoms with van der Waals surface area (Å²) in [7, 11) is 0. The summed E-state index contributed by atoms with van der Waals surface area (Å²) >= 11 is 1.54. The number of aryl methyl sites for hydroxylation is 1. The summed E-state index contributed by atoms with van der Waals surface area (Å²) in [6, 6.07) is 6.03. The van der Waals surface area contributed by atoms with Crippen LogP contribution in [0.15, 0.2) is 34.8 Å². The zero-order valence-corrected chi connectivity index (χ0v) is 13.1. The Hall–Kier alpha value is -2.14. The van der Waals surface area contributed by atoms with Gasteiger partial charge in [0.05, 0.1) is 11.9 Å². The molecule has 0 fully saturated rings. The van der Waals surface area contributed by atoms with Crippen LogP contribution in [0.1, 0.15) is 30.7 Å². The van der Waals surface area contributed by atoms with Gasteiger partial charge in [-0.05, 0) is 50.6 Å². The quantitative estimate of drug-likeness (QED) is 0.686. The molecule has 0 atom stereocenters. The van der Waals surface area contributed by atoms with Crippen LogP contribution in [0, 0.1) is 6.92 Å². The minimum atomic E-state index is -0.243. The highest BCUT2D eigenvalue weighted by atomic mass is 32.1. The molecule has 1 aliphatic heterocycles. The van der Waals surface area contributed by atoms with Gasteiger partial charge in [-0.15, -0.1) is 11.3 Å². The van der Waals surface area contributed by atoms with Crippen molar-refractivity contribution >= 4 is 28.8 Å². The van der Waals surface area contributed by atoms with Gasteiger partial charge in [-0.2, -0.15) is 5.10 Å². The van der Waals surface area contributed by atoms with Crippen LogP contribution < -0.4 is 10.2 Å². The van der Waals surface area contributed by atoms with Gasteiger partial charge < -0.3 is 4.74 Å². The lowest BCUT2D eigenvalue weighted by Crippen LogP contribution is -2.27. The van der Waals surface area contributed by atoms with E-state index in [2.05, 4.69) is 33.7 Å². The number of rotatable bonds is 3. The van der Waals surface area contributed by atoms with Gasteiger partial charge in [-0.25, -0.2) is 4.98 Å². The van der Waals surface area contributed by atoms with E-state index in [9.17, 15) is 0 Å². The Bertz CT molecular complexity index is 716. The smallest absolute Gasteiger partial charge is 0.203 e. The first-order valence-electron chi connectivity index (χ1n) is 6.75. The lowest BCUT2D eigenvalue weighted by atomic mass is 10.0. The zero-order valence-electron chi connectivity index (χ0n) is 12.3. The number of hydrogen-bond donors (Lipinski definition) is 1. The van der Waals surface area contributed by atoms with E-state index < -0.39 is 0 Å². The fourth-order valence-corrected chi connectivity index (χ4v) is 2.68. The maximum atomic E-state index is 5.90. The summed E-state index contributed by atoms with van der Waals surface area (Å²) in [6.07, 6.45) is 5.94. The van der Waals surface area contributed by atoms with Crippen molar-refractivity contribution in [2.75, 3.05) is 5.43 Å². The Balaban J connectivity index is 1.73. The molecule has 1 aromatic carbocycles. The molecule has 0 saturated carbocycles. The molecule has 1 aliphatic rings. The summed E-state index contributed by atoms with van der Waals surface area (Å²) in [5, 5.41) is 7.00. The predicted octanol–water partition coefficient (Wildman–Crippen LogP) is 4.08. The van der Waals surface area contributed by atoms with Crippen LogP contribution in [0.2, 0.25) is 0 Å². The van der Waals surface area contributed by atoms with Crippen molar-refractivity contribution in [2.24, 2.45) is 5.10 Å². The predicted molar refractivity (Wildman–Crippen MR) is 88.3 cm³/mol. The molecule has 108 valence electrons. The maximum Gasteiger partial charge on any atom is 0.203 e. The number of fused-ring (bicyclic) bond motifs is 1. The van der Waals surface area contributed by atoms with E-state index in [4.69, 9.17) is 4.74 Å². The Kier molecular flexibility index (Phi) is 3.51. The molecule has 0 amide bonds. The van der Waals surface area contributed by atoms with Gasteiger partial charge in [-0.3, -0.25) is 5.43 Å². The van der Waals surface area contributed by atoms with E-state index in [0.29, 0.717) is 0 Å². The van der Waals surface area contributed by atoms with Crippen molar-refractivity contribution in [1.29, 1.82) is 0 Å². The minimum absolute atomic E-state index is 0.243. The van der Waals surface area contributed by atoms with Crippen LogP contribution in [0.25, 0.3) is 6.08 Å². The second-order valence-electron chi connectivity index (χ2n) is 5.50. The van der Waals surface area contributed by atoms with Crippen LogP contribution in [-0.2, 0) is 0 Å². The number of nitrogens with one attached hydrogen (secondary N) is 1. The van der Waals surface area contributed by atoms with E-state index in [0.717, 1.165) is 27.7 Å². The fourth-order valence-electron chi connectivity index (χ4n) is 2.05. The normalized spacial score (nSPS) is 15.8. The monoisotopic (exact) mass is 299 g/mol. The van der Waals surface area contributed by atoms with Crippen molar-refractivity contribution in [3.05, 3.63) is 46.5 Å². The Labute approximate surface area is 128 Å². The largest absolute Gasteiger partial charge is 0.483 e. The Morgan fingerprint density at radius 3 is 3.00 bits per heavy atom. The van der Waals surface area contributed by atoms with Crippen molar-refractivity contribution in [3.8, 4) is 5.75 Å². The SMILES string of the molecule is Cc1csc(NN=Cc2ccc3c(c2)C=CC(C)(C)O3)n1. The summed E-state index contributed by atoms with van der Waals surface area (Å²) in [6.45, 7) is 6.05. The maximum absolute atomic E-state index is 5.90. The second kappa shape index (κ2) is 5.33. The molecule has 1 N–H and O–H groups in total. The molecule has 0 radical (unpaired) electrons. The average Bonchev–Trinajstić information content (AvgIpc) is 2.84. The van der Waals surface area contributed by atoms with Crippen LogP contribution in [0.5, 0.6) is 5.75 Å². The molecular weight excluding hydrogens is 282 g/mol. The third-order valence-electron chi connectivity index (χ3n) is 3.06. The Morgan fingerprint density at radius 1 is 1.38 bits per heavy atom. The Morgan fingerprint density at radius 2 is 2.24 bits per heavy atom. The first-order valence-corrected chi connectivity index (χ1v) is 7.63. The molecule has 5 heteroatoms. The first-order chi connectivity index (χ1) is 10.0.